The summed E-state index contributed by atoms with van der Waals surface area (Å²) in [4.78, 5) is 0. The second-order valence-electron chi connectivity index (χ2n) is 17.6. The number of rotatable bonds is 40. The van der Waals surface area contributed by atoms with E-state index in [-0.39, 0.29) is 5.79 Å². The summed E-state index contributed by atoms with van der Waals surface area (Å²) in [6.07, 6.45) is 52.7. The summed E-state index contributed by atoms with van der Waals surface area (Å²) in [7, 11) is 0. The summed E-state index contributed by atoms with van der Waals surface area (Å²) in [5, 5.41) is 0. The fourth-order valence-electron chi connectivity index (χ4n) is 8.17. The molecule has 0 saturated carbocycles. The number of unbranched alkanes of at least 4 members (excludes halogenated alkanes) is 31. The maximum Gasteiger partial charge on any atom is 0.168 e. The highest BCUT2D eigenvalue weighted by molar-refractivity contribution is 4.96. The van der Waals surface area contributed by atoms with Crippen LogP contribution >= 0.6 is 0 Å². The molecule has 0 aromatic rings. The quantitative estimate of drug-likeness (QED) is 0.0464. The van der Waals surface area contributed by atoms with Gasteiger partial charge in [-0.3, -0.25) is 0 Å². The third kappa shape index (κ3) is 30.7. The molecule has 0 radical (unpaired) electrons. The van der Waals surface area contributed by atoms with E-state index in [9.17, 15) is 0 Å². The number of allylic oxidation sites excluding steroid dienone is 1. The lowest BCUT2D eigenvalue weighted by molar-refractivity contribution is -0.290. The van der Waals surface area contributed by atoms with Crippen LogP contribution in [0.1, 0.15) is 272 Å². The highest BCUT2D eigenvalue weighted by atomic mass is 16.7. The molecule has 1 aliphatic rings. The molecule has 0 aromatic carbocycles. The summed E-state index contributed by atoms with van der Waals surface area (Å²) in [5.74, 6) is 0.886. The van der Waals surface area contributed by atoms with E-state index in [4.69, 9.17) is 9.47 Å². The van der Waals surface area contributed by atoms with Crippen LogP contribution in [0.25, 0.3) is 0 Å². The molecule has 1 fully saturated rings. The third-order valence-electron chi connectivity index (χ3n) is 12.2. The standard InChI is InChI=1S/C49H96O2/c1-6-8-10-12-14-16-18-20-22-24-26-28-30-32-34-38-42-49(50-44-48(45-51-49)41-37-36-40-47(5)46(3)4)43-39-35-33-31-29-27-25-23-21-19-17-15-13-11-9-7-2/h46,48H,5-45H2,1-4H3. The van der Waals surface area contributed by atoms with Gasteiger partial charge in [-0.2, -0.15) is 0 Å². The van der Waals surface area contributed by atoms with Crippen LogP contribution in [-0.2, 0) is 9.47 Å². The minimum absolute atomic E-state index is 0.297. The summed E-state index contributed by atoms with van der Waals surface area (Å²) >= 11 is 0. The molecule has 1 saturated heterocycles. The van der Waals surface area contributed by atoms with Crippen LogP contribution in [0.5, 0.6) is 0 Å². The molecule has 0 aliphatic carbocycles. The number of hydrogen-bond acceptors (Lipinski definition) is 2. The zero-order chi connectivity index (χ0) is 36.9. The Labute approximate surface area is 323 Å². The third-order valence-corrected chi connectivity index (χ3v) is 12.2. The van der Waals surface area contributed by atoms with E-state index in [0.717, 1.165) is 26.1 Å². The molecule has 0 N–H and O–H groups in total. The van der Waals surface area contributed by atoms with E-state index >= 15 is 0 Å². The Morgan fingerprint density at radius 3 is 1.04 bits per heavy atom. The van der Waals surface area contributed by atoms with Crippen molar-refractivity contribution in [2.45, 2.75) is 277 Å². The normalized spacial score (nSPS) is 14.9. The average Bonchev–Trinajstić information content (AvgIpc) is 3.13. The van der Waals surface area contributed by atoms with E-state index in [2.05, 4.69) is 34.3 Å². The molecule has 0 aromatic heterocycles. The van der Waals surface area contributed by atoms with Gasteiger partial charge in [0.1, 0.15) is 0 Å². The number of hydrogen-bond donors (Lipinski definition) is 0. The molecule has 2 nitrogen and oxygen atoms in total. The zero-order valence-corrected chi connectivity index (χ0v) is 36.0. The van der Waals surface area contributed by atoms with Crippen molar-refractivity contribution in [1.29, 1.82) is 0 Å². The average molecular weight is 717 g/mol. The van der Waals surface area contributed by atoms with Crippen molar-refractivity contribution in [2.24, 2.45) is 11.8 Å². The molecule has 51 heavy (non-hydrogen) atoms. The van der Waals surface area contributed by atoms with Crippen molar-refractivity contribution in [3.8, 4) is 0 Å². The molecule has 2 heteroatoms. The van der Waals surface area contributed by atoms with Crippen LogP contribution in [0, 0.1) is 11.8 Å². The summed E-state index contributed by atoms with van der Waals surface area (Å²) < 4.78 is 13.4. The van der Waals surface area contributed by atoms with Gasteiger partial charge < -0.3 is 9.47 Å². The minimum Gasteiger partial charge on any atom is -0.350 e. The Hall–Kier alpha value is -0.340. The van der Waals surface area contributed by atoms with Gasteiger partial charge in [0, 0.05) is 18.8 Å². The molecule has 0 bridgehead atoms. The minimum atomic E-state index is -0.297. The van der Waals surface area contributed by atoms with Crippen molar-refractivity contribution >= 4 is 0 Å². The second-order valence-corrected chi connectivity index (χ2v) is 17.6. The molecular formula is C49H96O2. The SMILES string of the molecule is C=C(CCCCC1COC(CCCCCCCCCCCCCCCCCC)(CCCCCCCCCCCCCCCCCC)OC1)C(C)C. The maximum atomic E-state index is 6.70. The highest BCUT2D eigenvalue weighted by Crippen LogP contribution is 2.34. The van der Waals surface area contributed by atoms with E-state index in [0.29, 0.717) is 11.8 Å². The zero-order valence-electron chi connectivity index (χ0n) is 36.0. The van der Waals surface area contributed by atoms with Crippen molar-refractivity contribution in [1.82, 2.24) is 0 Å². The van der Waals surface area contributed by atoms with Gasteiger partial charge in [0.05, 0.1) is 13.2 Å². The van der Waals surface area contributed by atoms with Crippen molar-refractivity contribution in [3.05, 3.63) is 12.2 Å². The Bertz CT molecular complexity index is 667. The van der Waals surface area contributed by atoms with Crippen LogP contribution < -0.4 is 0 Å². The topological polar surface area (TPSA) is 18.5 Å². The van der Waals surface area contributed by atoms with Crippen LogP contribution in [0.4, 0.5) is 0 Å². The molecule has 304 valence electrons. The Balaban J connectivity index is 2.19. The Morgan fingerprint density at radius 1 is 0.451 bits per heavy atom. The number of ether oxygens (including phenoxy) is 2. The first-order valence-corrected chi connectivity index (χ1v) is 24.0. The van der Waals surface area contributed by atoms with Gasteiger partial charge in [-0.1, -0.05) is 239 Å². The summed E-state index contributed by atoms with van der Waals surface area (Å²) in [5.41, 5.74) is 1.41. The van der Waals surface area contributed by atoms with Crippen LogP contribution in [0.15, 0.2) is 12.2 Å². The molecule has 1 heterocycles. The molecule has 1 rings (SSSR count). The fraction of sp³-hybridized carbons (Fsp3) is 0.959. The maximum absolute atomic E-state index is 6.70. The summed E-state index contributed by atoms with van der Waals surface area (Å²) in [6, 6.07) is 0. The van der Waals surface area contributed by atoms with Crippen LogP contribution in [0.3, 0.4) is 0 Å². The van der Waals surface area contributed by atoms with Gasteiger partial charge in [0.15, 0.2) is 5.79 Å². The molecule has 0 spiro atoms. The van der Waals surface area contributed by atoms with Crippen molar-refractivity contribution < 1.29 is 9.47 Å². The Kier molecular flexibility index (Phi) is 35.0. The Morgan fingerprint density at radius 2 is 0.745 bits per heavy atom. The smallest absolute Gasteiger partial charge is 0.168 e. The molecule has 0 amide bonds. The summed E-state index contributed by atoms with van der Waals surface area (Å²) in [6.45, 7) is 15.2. The van der Waals surface area contributed by atoms with Crippen molar-refractivity contribution in [3.63, 3.8) is 0 Å². The lowest BCUT2D eigenvalue weighted by atomic mass is 9.94. The molecule has 0 atom stereocenters. The van der Waals surface area contributed by atoms with Gasteiger partial charge >= 0.3 is 0 Å². The van der Waals surface area contributed by atoms with Gasteiger partial charge in [-0.05, 0) is 38.0 Å². The van der Waals surface area contributed by atoms with Gasteiger partial charge in [-0.25, -0.2) is 0 Å². The highest BCUT2D eigenvalue weighted by Gasteiger charge is 2.36. The van der Waals surface area contributed by atoms with Crippen LogP contribution in [-0.4, -0.2) is 19.0 Å². The molecule has 0 unspecified atom stereocenters. The fourth-order valence-corrected chi connectivity index (χ4v) is 8.17. The van der Waals surface area contributed by atoms with E-state index in [1.165, 1.54) is 237 Å². The molecule has 1 aliphatic heterocycles. The van der Waals surface area contributed by atoms with Crippen molar-refractivity contribution in [2.75, 3.05) is 13.2 Å². The predicted octanol–water partition coefficient (Wildman–Crippen LogP) is 17.4. The largest absolute Gasteiger partial charge is 0.350 e. The van der Waals surface area contributed by atoms with E-state index in [1.54, 1.807) is 0 Å². The van der Waals surface area contributed by atoms with Crippen LogP contribution in [0.2, 0.25) is 0 Å². The predicted molar refractivity (Wildman–Crippen MR) is 229 cm³/mol. The van der Waals surface area contributed by atoms with E-state index in [1.807, 2.05) is 0 Å². The monoisotopic (exact) mass is 717 g/mol. The van der Waals surface area contributed by atoms with Gasteiger partial charge in [0.2, 0.25) is 0 Å². The lowest BCUT2D eigenvalue weighted by Gasteiger charge is -2.41. The van der Waals surface area contributed by atoms with Gasteiger partial charge in [-0.15, -0.1) is 0 Å². The van der Waals surface area contributed by atoms with Gasteiger partial charge in [0.25, 0.3) is 0 Å². The molecular weight excluding hydrogens is 621 g/mol. The van der Waals surface area contributed by atoms with E-state index < -0.39 is 0 Å². The first-order chi connectivity index (χ1) is 25.0. The first kappa shape index (κ1) is 48.7. The second kappa shape index (κ2) is 36.6. The lowest BCUT2D eigenvalue weighted by Crippen LogP contribution is -2.44. The first-order valence-electron chi connectivity index (χ1n) is 24.0.